The first-order chi connectivity index (χ1) is 9.20. The van der Waals surface area contributed by atoms with Gasteiger partial charge in [-0.05, 0) is 19.1 Å². The minimum atomic E-state index is -0.216. The summed E-state index contributed by atoms with van der Waals surface area (Å²) in [6.45, 7) is 7.93. The molecule has 0 aliphatic carbocycles. The van der Waals surface area contributed by atoms with Crippen LogP contribution in [-0.4, -0.2) is 47.6 Å². The van der Waals surface area contributed by atoms with Crippen molar-refractivity contribution < 1.29 is 9.90 Å². The van der Waals surface area contributed by atoms with Crippen molar-refractivity contribution in [1.82, 2.24) is 9.88 Å². The Labute approximate surface area is 121 Å². The van der Waals surface area contributed by atoms with Crippen molar-refractivity contribution in [2.24, 2.45) is 0 Å². The highest BCUT2D eigenvalue weighted by atomic mass is 16.3. The van der Waals surface area contributed by atoms with E-state index in [0.29, 0.717) is 11.4 Å². The fraction of sp³-hybridized carbons (Fsp3) is 0.600. The first-order valence-corrected chi connectivity index (χ1v) is 6.79. The molecule has 1 unspecified atom stereocenters. The van der Waals surface area contributed by atoms with Crippen LogP contribution in [0.3, 0.4) is 0 Å². The summed E-state index contributed by atoms with van der Waals surface area (Å²) in [5.74, 6) is 0.557. The maximum Gasteiger partial charge on any atom is 0.254 e. The van der Waals surface area contributed by atoms with Crippen LogP contribution in [0.5, 0.6) is 0 Å². The van der Waals surface area contributed by atoms with Crippen molar-refractivity contribution >= 4 is 11.7 Å². The molecule has 2 N–H and O–H groups in total. The van der Waals surface area contributed by atoms with Crippen LogP contribution < -0.4 is 5.32 Å². The smallest absolute Gasteiger partial charge is 0.254 e. The van der Waals surface area contributed by atoms with Crippen LogP contribution in [0.15, 0.2) is 12.1 Å². The van der Waals surface area contributed by atoms with Crippen molar-refractivity contribution in [3.8, 4) is 0 Å². The molecule has 5 heteroatoms. The number of aromatic nitrogens is 1. The highest BCUT2D eigenvalue weighted by Gasteiger charge is 2.22. The van der Waals surface area contributed by atoms with E-state index in [1.807, 2.05) is 13.0 Å². The van der Waals surface area contributed by atoms with Gasteiger partial charge in [0, 0.05) is 30.8 Å². The maximum atomic E-state index is 12.5. The molecular weight excluding hydrogens is 254 g/mol. The first kappa shape index (κ1) is 16.4. The van der Waals surface area contributed by atoms with Crippen molar-refractivity contribution in [3.05, 3.63) is 23.4 Å². The highest BCUT2D eigenvalue weighted by Crippen LogP contribution is 2.24. The molecule has 1 atom stereocenters. The van der Waals surface area contributed by atoms with E-state index < -0.39 is 0 Å². The van der Waals surface area contributed by atoms with E-state index in [-0.39, 0.29) is 24.0 Å². The third-order valence-electron chi connectivity index (χ3n) is 3.34. The fourth-order valence-corrected chi connectivity index (χ4v) is 1.69. The number of rotatable bonds is 4. The van der Waals surface area contributed by atoms with E-state index in [2.05, 4.69) is 31.1 Å². The predicted octanol–water partition coefficient (Wildman–Crippen LogP) is 1.87. The number of carbonyl (C=O) groups is 1. The Balaban J connectivity index is 3.21. The lowest BCUT2D eigenvalue weighted by molar-refractivity contribution is 0.0682. The lowest BCUT2D eigenvalue weighted by Gasteiger charge is -2.25. The molecule has 20 heavy (non-hydrogen) atoms. The molecule has 1 heterocycles. The van der Waals surface area contributed by atoms with Crippen LogP contribution in [-0.2, 0) is 5.41 Å². The van der Waals surface area contributed by atoms with Gasteiger partial charge >= 0.3 is 0 Å². The molecule has 0 aliphatic rings. The molecule has 0 spiro atoms. The van der Waals surface area contributed by atoms with E-state index in [0.717, 1.165) is 5.69 Å². The van der Waals surface area contributed by atoms with Gasteiger partial charge in [0.05, 0.1) is 12.6 Å². The van der Waals surface area contributed by atoms with E-state index >= 15 is 0 Å². The molecule has 0 saturated heterocycles. The molecule has 0 saturated carbocycles. The molecule has 0 radical (unpaired) electrons. The second-order valence-corrected chi connectivity index (χ2v) is 6.07. The van der Waals surface area contributed by atoms with Crippen LogP contribution in [0, 0.1) is 0 Å². The fourth-order valence-electron chi connectivity index (χ4n) is 1.69. The molecule has 1 rings (SSSR count). The van der Waals surface area contributed by atoms with E-state index in [4.69, 9.17) is 5.11 Å². The molecule has 1 amide bonds. The number of likely N-dealkylation sites (N-methyl/N-ethyl adjacent to an activating group) is 1. The minimum absolute atomic E-state index is 0.0572. The van der Waals surface area contributed by atoms with Gasteiger partial charge in [0.25, 0.3) is 5.91 Å². The van der Waals surface area contributed by atoms with Crippen LogP contribution in [0.2, 0.25) is 0 Å². The molecule has 0 bridgehead atoms. The molecule has 1 aromatic heterocycles. The summed E-state index contributed by atoms with van der Waals surface area (Å²) in [6, 6.07) is 3.34. The van der Waals surface area contributed by atoms with Gasteiger partial charge in [0.2, 0.25) is 0 Å². The average molecular weight is 279 g/mol. The average Bonchev–Trinajstić information content (AvgIpc) is 2.43. The number of amides is 1. The third-order valence-corrected chi connectivity index (χ3v) is 3.34. The summed E-state index contributed by atoms with van der Waals surface area (Å²) in [7, 11) is 3.47. The Bertz CT molecular complexity index is 480. The third kappa shape index (κ3) is 3.70. The number of hydrogen-bond donors (Lipinski definition) is 2. The lowest BCUT2D eigenvalue weighted by atomic mass is 9.90. The standard InChI is InChI=1S/C15H25N3O2/c1-10(9-19)18(6)14(20)11-7-12(15(2,3)4)17-13(8-11)16-5/h7-8,10,19H,9H2,1-6H3,(H,16,17). The van der Waals surface area contributed by atoms with Crippen molar-refractivity contribution in [1.29, 1.82) is 0 Å². The number of nitrogens with one attached hydrogen (secondary N) is 1. The van der Waals surface area contributed by atoms with Gasteiger partial charge < -0.3 is 15.3 Å². The Morgan fingerprint density at radius 3 is 2.50 bits per heavy atom. The molecule has 0 fully saturated rings. The summed E-state index contributed by atoms with van der Waals surface area (Å²) in [5, 5.41) is 12.2. The SMILES string of the molecule is CNc1cc(C(=O)N(C)C(C)CO)cc(C(C)(C)C)n1. The van der Waals surface area contributed by atoms with Gasteiger partial charge in [0.1, 0.15) is 5.82 Å². The molecule has 1 aromatic rings. The first-order valence-electron chi connectivity index (χ1n) is 6.79. The van der Waals surface area contributed by atoms with Gasteiger partial charge in [-0.15, -0.1) is 0 Å². The highest BCUT2D eigenvalue weighted by molar-refractivity contribution is 5.95. The zero-order chi connectivity index (χ0) is 15.5. The Morgan fingerprint density at radius 1 is 1.45 bits per heavy atom. The predicted molar refractivity (Wildman–Crippen MR) is 81.1 cm³/mol. The number of carbonyl (C=O) groups excluding carboxylic acids is 1. The number of pyridine rings is 1. The van der Waals surface area contributed by atoms with Crippen LogP contribution in [0.25, 0.3) is 0 Å². The summed E-state index contributed by atoms with van der Waals surface area (Å²) < 4.78 is 0. The Morgan fingerprint density at radius 2 is 2.05 bits per heavy atom. The molecule has 112 valence electrons. The van der Waals surface area contributed by atoms with Crippen LogP contribution >= 0.6 is 0 Å². The minimum Gasteiger partial charge on any atom is -0.394 e. The number of aliphatic hydroxyl groups is 1. The summed E-state index contributed by atoms with van der Waals surface area (Å²) in [6.07, 6.45) is 0. The monoisotopic (exact) mass is 279 g/mol. The summed E-state index contributed by atoms with van der Waals surface area (Å²) >= 11 is 0. The van der Waals surface area contributed by atoms with E-state index in [1.54, 1.807) is 25.1 Å². The van der Waals surface area contributed by atoms with Crippen molar-refractivity contribution in [3.63, 3.8) is 0 Å². The van der Waals surface area contributed by atoms with Crippen molar-refractivity contribution in [2.75, 3.05) is 26.0 Å². The number of aliphatic hydroxyl groups excluding tert-OH is 1. The van der Waals surface area contributed by atoms with Gasteiger partial charge in [0.15, 0.2) is 0 Å². The lowest BCUT2D eigenvalue weighted by Crippen LogP contribution is -2.37. The zero-order valence-electron chi connectivity index (χ0n) is 13.2. The molecular formula is C15H25N3O2. The quantitative estimate of drug-likeness (QED) is 0.883. The zero-order valence-corrected chi connectivity index (χ0v) is 13.2. The van der Waals surface area contributed by atoms with Gasteiger partial charge in [-0.25, -0.2) is 4.98 Å². The summed E-state index contributed by atoms with van der Waals surface area (Å²) in [4.78, 5) is 18.5. The number of nitrogens with zero attached hydrogens (tertiary/aromatic N) is 2. The van der Waals surface area contributed by atoms with Crippen molar-refractivity contribution in [2.45, 2.75) is 39.2 Å². The van der Waals surface area contributed by atoms with Gasteiger partial charge in [-0.3, -0.25) is 4.79 Å². The van der Waals surface area contributed by atoms with Gasteiger partial charge in [-0.1, -0.05) is 20.8 Å². The van der Waals surface area contributed by atoms with Crippen LogP contribution in [0.1, 0.15) is 43.7 Å². The number of hydrogen-bond acceptors (Lipinski definition) is 4. The molecule has 0 aliphatic heterocycles. The van der Waals surface area contributed by atoms with Gasteiger partial charge in [-0.2, -0.15) is 0 Å². The second kappa shape index (κ2) is 6.22. The molecule has 0 aromatic carbocycles. The normalized spacial score (nSPS) is 12.9. The second-order valence-electron chi connectivity index (χ2n) is 6.07. The molecule has 5 nitrogen and oxygen atoms in total. The topological polar surface area (TPSA) is 65.5 Å². The Kier molecular flexibility index (Phi) is 5.11. The Hall–Kier alpha value is -1.62. The van der Waals surface area contributed by atoms with E-state index in [9.17, 15) is 4.79 Å². The van der Waals surface area contributed by atoms with E-state index in [1.165, 1.54) is 0 Å². The summed E-state index contributed by atoms with van der Waals surface area (Å²) in [5.41, 5.74) is 1.30. The van der Waals surface area contributed by atoms with Crippen LogP contribution in [0.4, 0.5) is 5.82 Å². The largest absolute Gasteiger partial charge is 0.394 e. The maximum absolute atomic E-state index is 12.5. The number of anilines is 1.